The molecular formula is C19H15Cl4FN2O3. The maximum absolute atomic E-state index is 13.8. The molecule has 2 aromatic carbocycles. The van der Waals surface area contributed by atoms with Crippen LogP contribution < -0.4 is 15.4 Å². The Morgan fingerprint density at radius 2 is 1.86 bits per heavy atom. The lowest BCUT2D eigenvalue weighted by Crippen LogP contribution is -2.35. The van der Waals surface area contributed by atoms with E-state index in [0.29, 0.717) is 17.9 Å². The molecule has 1 fully saturated rings. The zero-order valence-corrected chi connectivity index (χ0v) is 18.0. The van der Waals surface area contributed by atoms with Crippen LogP contribution in [0.4, 0.5) is 14.9 Å². The number of imide groups is 1. The van der Waals surface area contributed by atoms with Gasteiger partial charge in [-0.3, -0.25) is 10.1 Å². The van der Waals surface area contributed by atoms with E-state index in [9.17, 15) is 14.0 Å². The number of benzene rings is 2. The number of halogens is 5. The predicted molar refractivity (Wildman–Crippen MR) is 112 cm³/mol. The minimum absolute atomic E-state index is 0.109. The van der Waals surface area contributed by atoms with Crippen molar-refractivity contribution in [2.75, 3.05) is 11.9 Å². The molecule has 154 valence electrons. The third-order valence-electron chi connectivity index (χ3n) is 4.52. The molecule has 3 amide bonds. The molecule has 10 heteroatoms. The van der Waals surface area contributed by atoms with Crippen LogP contribution in [0.2, 0.25) is 10.0 Å². The van der Waals surface area contributed by atoms with E-state index in [2.05, 4.69) is 5.32 Å². The summed E-state index contributed by atoms with van der Waals surface area (Å²) in [6, 6.07) is 7.42. The van der Waals surface area contributed by atoms with Crippen molar-refractivity contribution in [3.8, 4) is 5.75 Å². The first-order chi connectivity index (χ1) is 13.5. The number of carbonyl (C=O) groups is 2. The van der Waals surface area contributed by atoms with Gasteiger partial charge >= 0.3 is 6.03 Å². The highest BCUT2D eigenvalue weighted by Gasteiger charge is 2.63. The molecule has 2 aromatic rings. The van der Waals surface area contributed by atoms with E-state index in [1.807, 2.05) is 12.2 Å². The van der Waals surface area contributed by atoms with Crippen LogP contribution in [0.25, 0.3) is 0 Å². The van der Waals surface area contributed by atoms with Crippen molar-refractivity contribution < 1.29 is 18.7 Å². The maximum Gasteiger partial charge on any atom is 0.326 e. The molecule has 1 aliphatic carbocycles. The molecule has 1 saturated carbocycles. The van der Waals surface area contributed by atoms with Crippen molar-refractivity contribution in [2.24, 2.45) is 5.41 Å². The van der Waals surface area contributed by atoms with Gasteiger partial charge < -0.3 is 10.1 Å². The van der Waals surface area contributed by atoms with Gasteiger partial charge in [-0.25, -0.2) is 9.18 Å². The average molecular weight is 480 g/mol. The summed E-state index contributed by atoms with van der Waals surface area (Å²) in [5.74, 6) is -1.42. The lowest BCUT2D eigenvalue weighted by atomic mass is 10.2. The van der Waals surface area contributed by atoms with Crippen LogP contribution in [-0.4, -0.2) is 22.9 Å². The van der Waals surface area contributed by atoms with Gasteiger partial charge in [0.2, 0.25) is 0 Å². The van der Waals surface area contributed by atoms with E-state index in [0.717, 1.165) is 6.07 Å². The second-order valence-electron chi connectivity index (χ2n) is 6.88. The highest BCUT2D eigenvalue weighted by Crippen LogP contribution is 2.63. The van der Waals surface area contributed by atoms with Crippen LogP contribution in [0.15, 0.2) is 36.4 Å². The van der Waals surface area contributed by atoms with Gasteiger partial charge in [0.1, 0.15) is 15.9 Å². The van der Waals surface area contributed by atoms with E-state index in [-0.39, 0.29) is 22.1 Å². The number of nitrogens with one attached hydrogen (secondary N) is 2. The highest BCUT2D eigenvalue weighted by atomic mass is 35.5. The highest BCUT2D eigenvalue weighted by molar-refractivity contribution is 6.51. The molecule has 0 aliphatic heterocycles. The normalized spacial score (nSPS) is 19.4. The molecule has 0 radical (unpaired) electrons. The van der Waals surface area contributed by atoms with Crippen molar-refractivity contribution in [1.29, 1.82) is 0 Å². The molecule has 1 unspecified atom stereocenters. The van der Waals surface area contributed by atoms with Gasteiger partial charge in [0.15, 0.2) is 0 Å². The summed E-state index contributed by atoms with van der Waals surface area (Å²) in [4.78, 5) is 24.1. The zero-order chi connectivity index (χ0) is 21.4. The van der Waals surface area contributed by atoms with Gasteiger partial charge in [0.05, 0.1) is 22.2 Å². The topological polar surface area (TPSA) is 67.4 Å². The zero-order valence-electron chi connectivity index (χ0n) is 15.0. The van der Waals surface area contributed by atoms with Crippen molar-refractivity contribution >= 4 is 64.0 Å². The Hall–Kier alpha value is -1.73. The molecule has 1 atom stereocenters. The number of hydrogen-bond donors (Lipinski definition) is 2. The molecular weight excluding hydrogens is 465 g/mol. The Morgan fingerprint density at radius 1 is 1.17 bits per heavy atom. The third kappa shape index (κ3) is 4.89. The Kier molecular flexibility index (Phi) is 6.20. The Labute approximate surface area is 186 Å². The van der Waals surface area contributed by atoms with Gasteiger partial charge in [0.25, 0.3) is 5.91 Å². The van der Waals surface area contributed by atoms with Crippen molar-refractivity contribution in [2.45, 2.75) is 17.7 Å². The molecule has 1 aliphatic rings. The summed E-state index contributed by atoms with van der Waals surface area (Å²) >= 11 is 24.2. The first-order valence-electron chi connectivity index (χ1n) is 8.39. The maximum atomic E-state index is 13.8. The molecule has 29 heavy (non-hydrogen) atoms. The number of carbonyl (C=O) groups excluding carboxylic acids is 2. The Morgan fingerprint density at radius 3 is 2.45 bits per heavy atom. The molecule has 5 nitrogen and oxygen atoms in total. The number of ether oxygens (including phenoxy) is 1. The Balaban J connectivity index is 1.59. The summed E-state index contributed by atoms with van der Waals surface area (Å²) in [5.41, 5.74) is -0.479. The quantitative estimate of drug-likeness (QED) is 0.512. The number of anilines is 1. The van der Waals surface area contributed by atoms with Gasteiger partial charge in [-0.05, 0) is 36.8 Å². The molecule has 0 bridgehead atoms. The smallest absolute Gasteiger partial charge is 0.326 e. The van der Waals surface area contributed by atoms with Gasteiger partial charge in [-0.2, -0.15) is 0 Å². The number of hydrogen-bond acceptors (Lipinski definition) is 3. The number of urea groups is 1. The van der Waals surface area contributed by atoms with Gasteiger partial charge in [-0.15, -0.1) is 23.2 Å². The standard InChI is InChI=1S/C19H15Cl4FN2O3/c1-18(8-19(18,22)23)9-29-14-6-5-10(7-12(14)21)25-17(28)26-16(27)15-11(20)3-2-4-13(15)24/h2-7H,8-9H2,1H3,(H2,25,26,27,28). The summed E-state index contributed by atoms with van der Waals surface area (Å²) in [6.07, 6.45) is 0.612. The van der Waals surface area contributed by atoms with Crippen molar-refractivity contribution in [3.63, 3.8) is 0 Å². The average Bonchev–Trinajstić information content (AvgIpc) is 3.11. The van der Waals surface area contributed by atoms with Crippen molar-refractivity contribution in [1.82, 2.24) is 5.32 Å². The van der Waals surface area contributed by atoms with Gasteiger partial charge in [0, 0.05) is 11.1 Å². The minimum atomic E-state index is -0.972. The Bertz CT molecular complexity index is 966. The molecule has 0 spiro atoms. The number of amides is 3. The summed E-state index contributed by atoms with van der Waals surface area (Å²) in [5, 5.41) is 4.57. The van der Waals surface area contributed by atoms with Gasteiger partial charge in [-0.1, -0.05) is 36.2 Å². The molecule has 0 heterocycles. The third-order valence-corrected chi connectivity index (χ3v) is 6.31. The van der Waals surface area contributed by atoms with E-state index in [4.69, 9.17) is 51.1 Å². The van der Waals surface area contributed by atoms with Crippen molar-refractivity contribution in [3.05, 3.63) is 57.8 Å². The summed E-state index contributed by atoms with van der Waals surface area (Å²) < 4.78 is 18.6. The van der Waals surface area contributed by atoms with Crippen LogP contribution in [0.5, 0.6) is 5.75 Å². The largest absolute Gasteiger partial charge is 0.491 e. The lowest BCUT2D eigenvalue weighted by Gasteiger charge is -2.15. The van der Waals surface area contributed by atoms with Crippen LogP contribution in [-0.2, 0) is 0 Å². The van der Waals surface area contributed by atoms with E-state index < -0.39 is 27.7 Å². The first-order valence-corrected chi connectivity index (χ1v) is 9.90. The summed E-state index contributed by atoms with van der Waals surface area (Å²) in [7, 11) is 0. The van der Waals surface area contributed by atoms with Crippen LogP contribution >= 0.6 is 46.4 Å². The lowest BCUT2D eigenvalue weighted by molar-refractivity contribution is 0.0963. The summed E-state index contributed by atoms with van der Waals surface area (Å²) in [6.45, 7) is 2.19. The molecule has 0 aromatic heterocycles. The number of rotatable bonds is 5. The SMILES string of the molecule is CC1(COc2ccc(NC(=O)NC(=O)c3c(F)cccc3Cl)cc2Cl)CC1(Cl)Cl. The fourth-order valence-electron chi connectivity index (χ4n) is 2.58. The molecule has 2 N–H and O–H groups in total. The second-order valence-corrected chi connectivity index (χ2v) is 9.18. The molecule has 0 saturated heterocycles. The minimum Gasteiger partial charge on any atom is -0.491 e. The van der Waals surface area contributed by atoms with Crippen LogP contribution in [0.3, 0.4) is 0 Å². The van der Waals surface area contributed by atoms with Crippen LogP contribution in [0.1, 0.15) is 23.7 Å². The predicted octanol–water partition coefficient (Wildman–Crippen LogP) is 6.06. The fraction of sp³-hybridized carbons (Fsp3) is 0.263. The fourth-order valence-corrected chi connectivity index (χ4v) is 3.76. The van der Waals surface area contributed by atoms with E-state index in [1.165, 1.54) is 24.3 Å². The van der Waals surface area contributed by atoms with Crippen LogP contribution in [0, 0.1) is 11.2 Å². The van der Waals surface area contributed by atoms with E-state index in [1.54, 1.807) is 6.07 Å². The van der Waals surface area contributed by atoms with E-state index >= 15 is 0 Å². The monoisotopic (exact) mass is 478 g/mol. The second kappa shape index (κ2) is 8.19. The first kappa shape index (κ1) is 22.0. The number of alkyl halides is 2. The molecule has 3 rings (SSSR count).